The molecule has 0 bridgehead atoms. The molecule has 3 aromatic rings. The normalized spacial score (nSPS) is 11.0. The second-order valence-electron chi connectivity index (χ2n) is 6.49. The molecule has 0 aliphatic rings. The summed E-state index contributed by atoms with van der Waals surface area (Å²) in [5, 5.41) is 2.84. The number of sulfonamides is 1. The van der Waals surface area contributed by atoms with Crippen molar-refractivity contribution in [3.05, 3.63) is 78.4 Å². The van der Waals surface area contributed by atoms with Crippen molar-refractivity contribution in [2.75, 3.05) is 30.0 Å². The highest BCUT2D eigenvalue weighted by Gasteiger charge is 2.23. The Morgan fingerprint density at radius 2 is 1.52 bits per heavy atom. The van der Waals surface area contributed by atoms with Crippen LogP contribution in [-0.2, 0) is 10.0 Å². The van der Waals surface area contributed by atoms with Gasteiger partial charge in [-0.3, -0.25) is 9.10 Å². The van der Waals surface area contributed by atoms with Gasteiger partial charge in [0.2, 0.25) is 10.0 Å². The lowest BCUT2D eigenvalue weighted by atomic mass is 10.0. The van der Waals surface area contributed by atoms with Crippen LogP contribution in [0.25, 0.3) is 11.1 Å². The molecule has 0 aliphatic heterocycles. The number of nitrogens with zero attached hydrogens (tertiary/aromatic N) is 1. The summed E-state index contributed by atoms with van der Waals surface area (Å²) in [6, 6.07) is 21.8. The number of amides is 1. The van der Waals surface area contributed by atoms with E-state index in [-0.39, 0.29) is 11.6 Å². The van der Waals surface area contributed by atoms with Crippen LogP contribution in [0.2, 0.25) is 0 Å². The van der Waals surface area contributed by atoms with E-state index in [1.54, 1.807) is 36.4 Å². The largest absolute Gasteiger partial charge is 0.494 e. The molecule has 7 heteroatoms. The number of hydrogen-bond acceptors (Lipinski definition) is 4. The maximum absolute atomic E-state index is 12.8. The Bertz CT molecular complexity index is 1110. The molecule has 1 amide bonds. The van der Waals surface area contributed by atoms with Gasteiger partial charge >= 0.3 is 0 Å². The number of benzene rings is 3. The molecule has 0 fully saturated rings. The molecule has 6 nitrogen and oxygen atoms in total. The fourth-order valence-corrected chi connectivity index (χ4v) is 3.45. The van der Waals surface area contributed by atoms with Crippen molar-refractivity contribution in [3.8, 4) is 16.9 Å². The van der Waals surface area contributed by atoms with Crippen molar-refractivity contribution in [2.24, 2.45) is 0 Å². The number of hydrogen-bond donors (Lipinski definition) is 1. The third-order valence-electron chi connectivity index (χ3n) is 4.50. The highest BCUT2D eigenvalue weighted by Crippen LogP contribution is 2.41. The van der Waals surface area contributed by atoms with Crippen molar-refractivity contribution in [1.82, 2.24) is 0 Å². The molecule has 0 aliphatic carbocycles. The highest BCUT2D eigenvalue weighted by atomic mass is 32.2. The molecule has 3 aromatic carbocycles. The third kappa shape index (κ3) is 4.57. The fraction of sp³-hybridized carbons (Fsp3) is 0.136. The standard InChI is InChI=1S/C22H22N2O4S/c1-24(29(3,26)27)21-19(23-22(25)17-12-8-5-9-13-17)14-18(15-20(21)28-2)16-10-6-4-7-11-16/h4-15H,1-3H3,(H,23,25). The lowest BCUT2D eigenvalue weighted by Gasteiger charge is -2.24. The molecule has 3 rings (SSSR count). The minimum absolute atomic E-state index is 0.263. The maximum atomic E-state index is 12.8. The Morgan fingerprint density at radius 3 is 2.07 bits per heavy atom. The smallest absolute Gasteiger partial charge is 0.255 e. The number of ether oxygens (including phenoxy) is 1. The topological polar surface area (TPSA) is 75.7 Å². The van der Waals surface area contributed by atoms with E-state index in [4.69, 9.17) is 4.74 Å². The van der Waals surface area contributed by atoms with Gasteiger partial charge in [-0.25, -0.2) is 8.42 Å². The summed E-state index contributed by atoms with van der Waals surface area (Å²) >= 11 is 0. The van der Waals surface area contributed by atoms with Gasteiger partial charge in [0.1, 0.15) is 11.4 Å². The van der Waals surface area contributed by atoms with Crippen LogP contribution >= 0.6 is 0 Å². The summed E-state index contributed by atoms with van der Waals surface area (Å²) in [7, 11) is -0.698. The molecule has 0 heterocycles. The van der Waals surface area contributed by atoms with E-state index in [1.807, 2.05) is 36.4 Å². The molecule has 0 unspecified atom stereocenters. The van der Waals surface area contributed by atoms with E-state index in [2.05, 4.69) is 5.32 Å². The molecule has 1 N–H and O–H groups in total. The van der Waals surface area contributed by atoms with Crippen LogP contribution in [0.5, 0.6) is 5.75 Å². The Kier molecular flexibility index (Phi) is 5.89. The molecular weight excluding hydrogens is 388 g/mol. The summed E-state index contributed by atoms with van der Waals surface area (Å²) in [6.07, 6.45) is 1.10. The van der Waals surface area contributed by atoms with Gasteiger partial charge in [0.15, 0.2) is 0 Å². The average molecular weight is 410 g/mol. The number of rotatable bonds is 6. The molecule has 0 saturated heterocycles. The monoisotopic (exact) mass is 410 g/mol. The van der Waals surface area contributed by atoms with Gasteiger partial charge < -0.3 is 10.1 Å². The Hall–Kier alpha value is -3.32. The van der Waals surface area contributed by atoms with E-state index in [0.717, 1.165) is 21.7 Å². The SMILES string of the molecule is COc1cc(-c2ccccc2)cc(NC(=O)c2ccccc2)c1N(C)S(C)(=O)=O. The zero-order valence-corrected chi connectivity index (χ0v) is 17.2. The Balaban J connectivity index is 2.17. The quantitative estimate of drug-likeness (QED) is 0.666. The first-order chi connectivity index (χ1) is 13.8. The second-order valence-corrected chi connectivity index (χ2v) is 8.51. The van der Waals surface area contributed by atoms with E-state index < -0.39 is 10.0 Å². The van der Waals surface area contributed by atoms with Gasteiger partial charge in [0, 0.05) is 12.6 Å². The predicted molar refractivity (Wildman–Crippen MR) is 116 cm³/mol. The van der Waals surface area contributed by atoms with Crippen molar-refractivity contribution < 1.29 is 17.9 Å². The molecule has 150 valence electrons. The van der Waals surface area contributed by atoms with E-state index in [9.17, 15) is 13.2 Å². The van der Waals surface area contributed by atoms with Crippen molar-refractivity contribution in [1.29, 1.82) is 0 Å². The van der Waals surface area contributed by atoms with Crippen LogP contribution in [0.4, 0.5) is 11.4 Å². The summed E-state index contributed by atoms with van der Waals surface area (Å²) in [5.74, 6) is -0.0105. The van der Waals surface area contributed by atoms with E-state index in [0.29, 0.717) is 17.0 Å². The molecular formula is C22H22N2O4S. The molecule has 0 radical (unpaired) electrons. The molecule has 29 heavy (non-hydrogen) atoms. The number of carbonyl (C=O) groups is 1. The Labute approximate surface area is 170 Å². The van der Waals surface area contributed by atoms with Crippen LogP contribution in [0, 0.1) is 0 Å². The Morgan fingerprint density at radius 1 is 0.931 bits per heavy atom. The van der Waals surface area contributed by atoms with Gasteiger partial charge in [-0.2, -0.15) is 0 Å². The minimum atomic E-state index is -3.59. The molecule has 0 spiro atoms. The summed E-state index contributed by atoms with van der Waals surface area (Å²) in [5.41, 5.74) is 2.76. The van der Waals surface area contributed by atoms with Crippen LogP contribution in [-0.4, -0.2) is 34.7 Å². The van der Waals surface area contributed by atoms with Crippen LogP contribution in [0.15, 0.2) is 72.8 Å². The lowest BCUT2D eigenvalue weighted by molar-refractivity contribution is 0.102. The zero-order chi connectivity index (χ0) is 21.0. The third-order valence-corrected chi connectivity index (χ3v) is 5.68. The lowest BCUT2D eigenvalue weighted by Crippen LogP contribution is -2.27. The van der Waals surface area contributed by atoms with E-state index in [1.165, 1.54) is 14.2 Å². The number of anilines is 2. The van der Waals surface area contributed by atoms with Gasteiger partial charge in [-0.05, 0) is 35.4 Å². The summed E-state index contributed by atoms with van der Waals surface area (Å²) in [6.45, 7) is 0. The van der Waals surface area contributed by atoms with Gasteiger partial charge in [-0.15, -0.1) is 0 Å². The minimum Gasteiger partial charge on any atom is -0.494 e. The van der Waals surface area contributed by atoms with Gasteiger partial charge in [0.25, 0.3) is 5.91 Å². The first kappa shape index (κ1) is 20.4. The molecule has 0 saturated carbocycles. The number of carbonyl (C=O) groups excluding carboxylic acids is 1. The van der Waals surface area contributed by atoms with Crippen molar-refractivity contribution in [3.63, 3.8) is 0 Å². The van der Waals surface area contributed by atoms with Gasteiger partial charge in [0.05, 0.1) is 19.1 Å². The van der Waals surface area contributed by atoms with E-state index >= 15 is 0 Å². The molecule has 0 atom stereocenters. The van der Waals surface area contributed by atoms with Crippen molar-refractivity contribution >= 4 is 27.3 Å². The summed E-state index contributed by atoms with van der Waals surface area (Å²) in [4.78, 5) is 12.8. The highest BCUT2D eigenvalue weighted by molar-refractivity contribution is 7.92. The van der Waals surface area contributed by atoms with Crippen LogP contribution < -0.4 is 14.4 Å². The fourth-order valence-electron chi connectivity index (χ4n) is 2.93. The number of methoxy groups -OCH3 is 1. The molecule has 0 aromatic heterocycles. The first-order valence-corrected chi connectivity index (χ1v) is 10.7. The zero-order valence-electron chi connectivity index (χ0n) is 16.4. The average Bonchev–Trinajstić information content (AvgIpc) is 2.73. The van der Waals surface area contributed by atoms with Crippen molar-refractivity contribution in [2.45, 2.75) is 0 Å². The second kappa shape index (κ2) is 8.36. The van der Waals surface area contributed by atoms with Crippen LogP contribution in [0.1, 0.15) is 10.4 Å². The van der Waals surface area contributed by atoms with Crippen LogP contribution in [0.3, 0.4) is 0 Å². The summed E-state index contributed by atoms with van der Waals surface area (Å²) < 4.78 is 31.0. The predicted octanol–water partition coefficient (Wildman–Crippen LogP) is 4.01. The number of nitrogens with one attached hydrogen (secondary N) is 1. The maximum Gasteiger partial charge on any atom is 0.255 e. The van der Waals surface area contributed by atoms with Gasteiger partial charge in [-0.1, -0.05) is 48.5 Å². The first-order valence-electron chi connectivity index (χ1n) is 8.89.